The second-order valence-electron chi connectivity index (χ2n) is 6.84. The predicted molar refractivity (Wildman–Crippen MR) is 93.4 cm³/mol. The van der Waals surface area contributed by atoms with Gasteiger partial charge in [0.1, 0.15) is 11.9 Å². The zero-order valence-electron chi connectivity index (χ0n) is 14.3. The number of hydrogen-bond acceptors (Lipinski definition) is 5. The fourth-order valence-corrected chi connectivity index (χ4v) is 3.27. The SMILES string of the molecule is CCc1cnc(N2CCC(OC3=CC=[C]N(C4CC4)C3)CC2)nc1. The minimum atomic E-state index is 0.301. The van der Waals surface area contributed by atoms with E-state index in [9.17, 15) is 0 Å². The summed E-state index contributed by atoms with van der Waals surface area (Å²) in [4.78, 5) is 13.5. The van der Waals surface area contributed by atoms with Crippen molar-refractivity contribution >= 4 is 5.95 Å². The number of aromatic nitrogens is 2. The van der Waals surface area contributed by atoms with Crippen LogP contribution in [0.2, 0.25) is 0 Å². The van der Waals surface area contributed by atoms with Crippen LogP contribution in [0.15, 0.2) is 30.3 Å². The fraction of sp³-hybridized carbons (Fsp3) is 0.579. The molecule has 0 atom stereocenters. The molecule has 1 aromatic heterocycles. The van der Waals surface area contributed by atoms with Gasteiger partial charge in [-0.25, -0.2) is 9.97 Å². The first kappa shape index (κ1) is 15.5. The van der Waals surface area contributed by atoms with Crippen LogP contribution in [0, 0.1) is 6.20 Å². The first-order chi connectivity index (χ1) is 11.8. The molecule has 5 nitrogen and oxygen atoms in total. The highest BCUT2D eigenvalue weighted by molar-refractivity contribution is 5.30. The van der Waals surface area contributed by atoms with Crippen molar-refractivity contribution in [3.63, 3.8) is 0 Å². The van der Waals surface area contributed by atoms with Gasteiger partial charge in [0.05, 0.1) is 12.7 Å². The van der Waals surface area contributed by atoms with E-state index in [1.165, 1.54) is 18.4 Å². The Bertz CT molecular complexity index is 613. The second-order valence-corrected chi connectivity index (χ2v) is 6.84. The summed E-state index contributed by atoms with van der Waals surface area (Å²) in [5.41, 5.74) is 1.19. The van der Waals surface area contributed by atoms with Crippen LogP contribution in [-0.4, -0.2) is 46.6 Å². The summed E-state index contributed by atoms with van der Waals surface area (Å²) < 4.78 is 6.24. The minimum absolute atomic E-state index is 0.301. The Morgan fingerprint density at radius 2 is 1.92 bits per heavy atom. The van der Waals surface area contributed by atoms with E-state index in [1.807, 2.05) is 18.5 Å². The molecular weight excluding hydrogens is 300 g/mol. The summed E-state index contributed by atoms with van der Waals surface area (Å²) in [7, 11) is 0. The minimum Gasteiger partial charge on any atom is -0.493 e. The molecule has 1 saturated heterocycles. The van der Waals surface area contributed by atoms with Gasteiger partial charge in [-0.15, -0.1) is 0 Å². The van der Waals surface area contributed by atoms with Gasteiger partial charge in [-0.1, -0.05) is 6.92 Å². The standard InChI is InChI=1S/C19H25N4O/c1-2-15-12-20-19(21-13-15)22-10-7-17(8-11-22)24-18-4-3-9-23(14-18)16-5-6-16/h3-4,12-13,16-17H,2,5-8,10-11,14H2,1H3. The van der Waals surface area contributed by atoms with Gasteiger partial charge in [0.25, 0.3) is 0 Å². The van der Waals surface area contributed by atoms with Crippen molar-refractivity contribution < 1.29 is 4.74 Å². The fourth-order valence-electron chi connectivity index (χ4n) is 3.27. The van der Waals surface area contributed by atoms with Crippen molar-refractivity contribution in [2.45, 2.75) is 51.2 Å². The molecule has 0 aromatic carbocycles. The van der Waals surface area contributed by atoms with E-state index >= 15 is 0 Å². The maximum atomic E-state index is 6.24. The van der Waals surface area contributed by atoms with Crippen LogP contribution in [0.1, 0.15) is 38.2 Å². The van der Waals surface area contributed by atoms with E-state index in [0.717, 1.165) is 50.6 Å². The van der Waals surface area contributed by atoms with Gasteiger partial charge in [-0.05, 0) is 37.0 Å². The quantitative estimate of drug-likeness (QED) is 0.832. The van der Waals surface area contributed by atoms with Crippen LogP contribution in [0.3, 0.4) is 0 Å². The first-order valence-corrected chi connectivity index (χ1v) is 9.09. The lowest BCUT2D eigenvalue weighted by Crippen LogP contribution is -2.38. The number of hydrogen-bond donors (Lipinski definition) is 0. The Morgan fingerprint density at radius 3 is 2.58 bits per heavy atom. The number of ether oxygens (including phenoxy) is 1. The first-order valence-electron chi connectivity index (χ1n) is 9.09. The third-order valence-corrected chi connectivity index (χ3v) is 4.97. The molecule has 1 saturated carbocycles. The maximum absolute atomic E-state index is 6.24. The third-order valence-electron chi connectivity index (χ3n) is 4.97. The normalized spacial score (nSPS) is 21.8. The van der Waals surface area contributed by atoms with E-state index in [2.05, 4.69) is 39.0 Å². The molecule has 4 rings (SSSR count). The molecule has 1 aromatic rings. The lowest BCUT2D eigenvalue weighted by Gasteiger charge is -2.34. The van der Waals surface area contributed by atoms with Crippen molar-refractivity contribution in [2.24, 2.45) is 0 Å². The molecule has 2 aliphatic heterocycles. The highest BCUT2D eigenvalue weighted by atomic mass is 16.5. The van der Waals surface area contributed by atoms with Gasteiger partial charge in [0, 0.05) is 44.4 Å². The number of allylic oxidation sites excluding steroid dienone is 2. The maximum Gasteiger partial charge on any atom is 0.225 e. The Balaban J connectivity index is 1.28. The summed E-state index contributed by atoms with van der Waals surface area (Å²) in [5.74, 6) is 1.93. The summed E-state index contributed by atoms with van der Waals surface area (Å²) in [6, 6.07) is 0.693. The van der Waals surface area contributed by atoms with Crippen LogP contribution in [-0.2, 0) is 11.2 Å². The number of aryl methyl sites for hydroxylation is 1. The lowest BCUT2D eigenvalue weighted by atomic mass is 10.1. The van der Waals surface area contributed by atoms with Crippen LogP contribution in [0.25, 0.3) is 0 Å². The van der Waals surface area contributed by atoms with Crippen LogP contribution >= 0.6 is 0 Å². The van der Waals surface area contributed by atoms with E-state index in [-0.39, 0.29) is 0 Å². The highest BCUT2D eigenvalue weighted by Gasteiger charge is 2.30. The second kappa shape index (κ2) is 6.83. The van der Waals surface area contributed by atoms with Gasteiger partial charge in [-0.3, -0.25) is 0 Å². The van der Waals surface area contributed by atoms with Crippen molar-refractivity contribution in [2.75, 3.05) is 24.5 Å². The molecule has 0 unspecified atom stereocenters. The summed E-state index contributed by atoms with van der Waals surface area (Å²) >= 11 is 0. The molecule has 5 heteroatoms. The zero-order chi connectivity index (χ0) is 16.4. The molecular formula is C19H25N4O. The zero-order valence-corrected chi connectivity index (χ0v) is 14.3. The van der Waals surface area contributed by atoms with E-state index < -0.39 is 0 Å². The molecule has 0 spiro atoms. The van der Waals surface area contributed by atoms with Gasteiger partial charge >= 0.3 is 0 Å². The Kier molecular flexibility index (Phi) is 4.41. The largest absolute Gasteiger partial charge is 0.493 e. The monoisotopic (exact) mass is 325 g/mol. The number of nitrogens with zero attached hydrogens (tertiary/aromatic N) is 4. The molecule has 3 aliphatic rings. The van der Waals surface area contributed by atoms with E-state index in [0.29, 0.717) is 12.1 Å². The van der Waals surface area contributed by atoms with Gasteiger partial charge in [0.15, 0.2) is 0 Å². The molecule has 0 amide bonds. The van der Waals surface area contributed by atoms with E-state index in [4.69, 9.17) is 4.74 Å². The van der Waals surface area contributed by atoms with Crippen LogP contribution in [0.5, 0.6) is 0 Å². The lowest BCUT2D eigenvalue weighted by molar-refractivity contribution is 0.0789. The van der Waals surface area contributed by atoms with Gasteiger partial charge in [0.2, 0.25) is 5.95 Å². The molecule has 0 bridgehead atoms. The van der Waals surface area contributed by atoms with Crippen molar-refractivity contribution in [3.8, 4) is 0 Å². The molecule has 0 N–H and O–H groups in total. The number of anilines is 1. The average Bonchev–Trinajstić information content (AvgIpc) is 3.48. The van der Waals surface area contributed by atoms with Gasteiger partial charge in [-0.2, -0.15) is 0 Å². The molecule has 3 heterocycles. The van der Waals surface area contributed by atoms with Crippen LogP contribution < -0.4 is 4.90 Å². The number of piperidine rings is 1. The summed E-state index contributed by atoms with van der Waals surface area (Å²) in [6.07, 6.45) is 17.2. The molecule has 24 heavy (non-hydrogen) atoms. The summed E-state index contributed by atoms with van der Waals surface area (Å²) in [5, 5.41) is 0. The van der Waals surface area contributed by atoms with Crippen molar-refractivity contribution in [1.82, 2.24) is 14.9 Å². The summed E-state index contributed by atoms with van der Waals surface area (Å²) in [6.45, 7) is 4.91. The average molecular weight is 325 g/mol. The third kappa shape index (κ3) is 3.55. The smallest absolute Gasteiger partial charge is 0.225 e. The van der Waals surface area contributed by atoms with E-state index in [1.54, 1.807) is 0 Å². The predicted octanol–water partition coefficient (Wildman–Crippen LogP) is 2.70. The molecule has 127 valence electrons. The van der Waals surface area contributed by atoms with Gasteiger partial charge < -0.3 is 14.5 Å². The molecule has 1 aliphatic carbocycles. The Labute approximate surface area is 144 Å². The number of rotatable bonds is 5. The molecule has 2 fully saturated rings. The van der Waals surface area contributed by atoms with Crippen LogP contribution in [0.4, 0.5) is 5.95 Å². The Hall–Kier alpha value is -2.04. The van der Waals surface area contributed by atoms with Crippen molar-refractivity contribution in [3.05, 3.63) is 42.1 Å². The highest BCUT2D eigenvalue weighted by Crippen LogP contribution is 2.29. The topological polar surface area (TPSA) is 41.5 Å². The van der Waals surface area contributed by atoms with Crippen molar-refractivity contribution in [1.29, 1.82) is 0 Å². The molecule has 1 radical (unpaired) electrons. The Morgan fingerprint density at radius 1 is 1.17 bits per heavy atom.